The monoisotopic (exact) mass is 486 g/mol. The van der Waals surface area contributed by atoms with Gasteiger partial charge in [-0.3, -0.25) is 20.3 Å². The Morgan fingerprint density at radius 3 is 2.42 bits per heavy atom. The number of carbonyl (C=O) groups is 1. The van der Waals surface area contributed by atoms with Crippen LogP contribution >= 0.6 is 11.8 Å². The first kappa shape index (κ1) is 23.8. The predicted octanol–water partition coefficient (Wildman–Crippen LogP) is 4.26. The van der Waals surface area contributed by atoms with Gasteiger partial charge in [0.1, 0.15) is 4.90 Å². The zero-order valence-electron chi connectivity index (χ0n) is 17.1. The highest BCUT2D eigenvalue weighted by Crippen LogP contribution is 2.29. The fourth-order valence-electron chi connectivity index (χ4n) is 2.76. The number of non-ortho nitro benzene ring substituents is 1. The molecular weight excluding hydrogens is 468 g/mol. The summed E-state index contributed by atoms with van der Waals surface area (Å²) in [6.07, 6.45) is 3.42. The van der Waals surface area contributed by atoms with E-state index in [1.807, 2.05) is 30.5 Å². The molecule has 0 bridgehead atoms. The Kier molecular flexibility index (Phi) is 7.30. The molecule has 0 atom stereocenters. The van der Waals surface area contributed by atoms with Gasteiger partial charge in [0.05, 0.1) is 28.1 Å². The second-order valence-electron chi connectivity index (χ2n) is 6.54. The van der Waals surface area contributed by atoms with Gasteiger partial charge >= 0.3 is 5.97 Å². The van der Waals surface area contributed by atoms with Gasteiger partial charge in [-0.1, -0.05) is 24.3 Å². The Morgan fingerprint density at radius 2 is 1.79 bits per heavy atom. The molecule has 3 N–H and O–H groups in total. The van der Waals surface area contributed by atoms with E-state index in [4.69, 9.17) is 0 Å². The number of nitrogens with one attached hydrogen (secondary N) is 2. The Morgan fingerprint density at radius 1 is 1.09 bits per heavy atom. The van der Waals surface area contributed by atoms with Crippen LogP contribution in [0.5, 0.6) is 0 Å². The smallest absolute Gasteiger partial charge is 0.337 e. The van der Waals surface area contributed by atoms with Crippen LogP contribution < -0.4 is 10.1 Å². The van der Waals surface area contributed by atoms with Crippen molar-refractivity contribution in [1.29, 1.82) is 0 Å². The van der Waals surface area contributed by atoms with Crippen molar-refractivity contribution >= 4 is 51.0 Å². The number of hydrazone groups is 1. The lowest BCUT2D eigenvalue weighted by molar-refractivity contribution is -0.385. The average Bonchev–Trinajstić information content (AvgIpc) is 2.79. The van der Waals surface area contributed by atoms with Gasteiger partial charge in [-0.15, -0.1) is 11.8 Å². The third-order valence-electron chi connectivity index (χ3n) is 4.38. The summed E-state index contributed by atoms with van der Waals surface area (Å²) in [6, 6.07) is 16.1. The topological polar surface area (TPSA) is 151 Å². The van der Waals surface area contributed by atoms with Crippen molar-refractivity contribution < 1.29 is 23.2 Å². The molecule has 0 spiro atoms. The van der Waals surface area contributed by atoms with E-state index in [1.165, 1.54) is 36.5 Å². The molecule has 0 saturated carbocycles. The first-order chi connectivity index (χ1) is 15.7. The quantitative estimate of drug-likeness (QED) is 0.176. The van der Waals surface area contributed by atoms with Gasteiger partial charge in [-0.2, -0.15) is 5.10 Å². The number of benzene rings is 3. The third kappa shape index (κ3) is 5.87. The number of hydrogen-bond acceptors (Lipinski definition) is 8. The third-order valence-corrected chi connectivity index (χ3v) is 6.53. The molecule has 0 aliphatic carbocycles. The van der Waals surface area contributed by atoms with Crippen molar-refractivity contribution in [2.45, 2.75) is 9.79 Å². The summed E-state index contributed by atoms with van der Waals surface area (Å²) >= 11 is 1.58. The van der Waals surface area contributed by atoms with E-state index in [2.05, 4.69) is 15.2 Å². The van der Waals surface area contributed by atoms with Crippen molar-refractivity contribution in [2.24, 2.45) is 5.10 Å². The van der Waals surface area contributed by atoms with Gasteiger partial charge in [0.25, 0.3) is 15.7 Å². The number of para-hydroxylation sites is 1. The van der Waals surface area contributed by atoms with Gasteiger partial charge in [0.2, 0.25) is 0 Å². The number of sulfonamides is 1. The minimum Gasteiger partial charge on any atom is -0.478 e. The van der Waals surface area contributed by atoms with Crippen LogP contribution in [0.4, 0.5) is 17.1 Å². The predicted molar refractivity (Wildman–Crippen MR) is 127 cm³/mol. The fourth-order valence-corrected chi connectivity index (χ4v) is 4.43. The molecule has 0 aromatic heterocycles. The van der Waals surface area contributed by atoms with Crippen LogP contribution in [0.25, 0.3) is 0 Å². The maximum absolute atomic E-state index is 13.1. The van der Waals surface area contributed by atoms with Gasteiger partial charge in [-0.05, 0) is 42.2 Å². The zero-order chi connectivity index (χ0) is 24.0. The van der Waals surface area contributed by atoms with Crippen molar-refractivity contribution in [2.75, 3.05) is 16.4 Å². The highest BCUT2D eigenvalue weighted by molar-refractivity contribution is 7.98. The molecule has 0 heterocycles. The van der Waals surface area contributed by atoms with Crippen molar-refractivity contribution in [3.63, 3.8) is 0 Å². The molecule has 170 valence electrons. The van der Waals surface area contributed by atoms with E-state index in [0.29, 0.717) is 0 Å². The maximum atomic E-state index is 13.1. The molecule has 0 fully saturated rings. The lowest BCUT2D eigenvalue weighted by Crippen LogP contribution is -2.17. The lowest BCUT2D eigenvalue weighted by atomic mass is 10.2. The van der Waals surface area contributed by atoms with E-state index in [-0.39, 0.29) is 16.9 Å². The van der Waals surface area contributed by atoms with Gasteiger partial charge in [0.15, 0.2) is 0 Å². The van der Waals surface area contributed by atoms with Crippen molar-refractivity contribution in [1.82, 2.24) is 0 Å². The highest BCUT2D eigenvalue weighted by Gasteiger charge is 2.24. The largest absolute Gasteiger partial charge is 0.478 e. The summed E-state index contributed by atoms with van der Waals surface area (Å²) < 4.78 is 28.3. The summed E-state index contributed by atoms with van der Waals surface area (Å²) in [6.45, 7) is 0. The van der Waals surface area contributed by atoms with Crippen LogP contribution in [0.2, 0.25) is 0 Å². The molecule has 3 rings (SSSR count). The summed E-state index contributed by atoms with van der Waals surface area (Å²) in [7, 11) is -4.42. The van der Waals surface area contributed by atoms with Gasteiger partial charge in [-0.25, -0.2) is 13.2 Å². The number of nitro benzene ring substituents is 1. The molecular formula is C21H18N4O6S2. The summed E-state index contributed by atoms with van der Waals surface area (Å²) in [4.78, 5) is 22.5. The van der Waals surface area contributed by atoms with Crippen LogP contribution in [0.3, 0.4) is 0 Å². The number of carboxylic acid groups (broad SMARTS) is 1. The maximum Gasteiger partial charge on any atom is 0.337 e. The van der Waals surface area contributed by atoms with E-state index in [0.717, 1.165) is 22.6 Å². The number of anilines is 2. The minimum atomic E-state index is -4.42. The molecule has 0 radical (unpaired) electrons. The first-order valence-electron chi connectivity index (χ1n) is 9.28. The van der Waals surface area contributed by atoms with Gasteiger partial charge < -0.3 is 5.11 Å². The SMILES string of the molecule is CSc1ccc(C=NNc2ccc([N+](=O)[O-])cc2S(=O)(=O)Nc2ccccc2C(=O)O)cc1. The normalized spacial score (nSPS) is 11.3. The second-order valence-corrected chi connectivity index (χ2v) is 9.07. The van der Waals surface area contributed by atoms with Crippen molar-refractivity contribution in [3.05, 3.63) is 88.0 Å². The number of thioether (sulfide) groups is 1. The number of nitro groups is 1. The number of hydrogen-bond donors (Lipinski definition) is 3. The molecule has 0 unspecified atom stereocenters. The van der Waals surface area contributed by atoms with E-state index in [9.17, 15) is 28.4 Å². The number of aromatic carboxylic acids is 1. The van der Waals surface area contributed by atoms with E-state index >= 15 is 0 Å². The second kappa shape index (κ2) is 10.1. The minimum absolute atomic E-state index is 0.0297. The Hall–Kier alpha value is -3.90. The number of carboxylic acids is 1. The number of rotatable bonds is 9. The van der Waals surface area contributed by atoms with Crippen LogP contribution in [-0.2, 0) is 10.0 Å². The highest BCUT2D eigenvalue weighted by atomic mass is 32.2. The van der Waals surface area contributed by atoms with Crippen LogP contribution in [0.15, 0.2) is 81.6 Å². The lowest BCUT2D eigenvalue weighted by Gasteiger charge is -2.13. The Labute approximate surface area is 193 Å². The van der Waals surface area contributed by atoms with Crippen molar-refractivity contribution in [3.8, 4) is 0 Å². The standard InChI is InChI=1S/C21H18N4O6S2/c1-32-16-9-6-14(7-10-16)13-22-23-19-11-8-15(25(28)29)12-20(19)33(30,31)24-18-5-3-2-4-17(18)21(26)27/h2-13,23-24H,1H3,(H,26,27). The van der Waals surface area contributed by atoms with Crippen LogP contribution in [0, 0.1) is 10.1 Å². The van der Waals surface area contributed by atoms with Gasteiger partial charge in [0, 0.05) is 17.0 Å². The summed E-state index contributed by atoms with van der Waals surface area (Å²) in [5.41, 5.74) is 2.41. The Balaban J connectivity index is 1.95. The van der Waals surface area contributed by atoms with Crippen LogP contribution in [0.1, 0.15) is 15.9 Å². The fraction of sp³-hybridized carbons (Fsp3) is 0.0476. The molecule has 0 aliphatic rings. The first-order valence-corrected chi connectivity index (χ1v) is 12.0. The van der Waals surface area contributed by atoms with E-state index < -0.39 is 31.5 Å². The zero-order valence-corrected chi connectivity index (χ0v) is 18.8. The molecule has 3 aromatic carbocycles. The number of nitrogens with zero attached hydrogens (tertiary/aromatic N) is 2. The summed E-state index contributed by atoms with van der Waals surface area (Å²) in [5, 5.41) is 24.5. The molecule has 0 saturated heterocycles. The molecule has 0 aliphatic heterocycles. The molecule has 3 aromatic rings. The van der Waals surface area contributed by atoms with Crippen LogP contribution in [-0.4, -0.2) is 36.9 Å². The molecule has 10 nitrogen and oxygen atoms in total. The summed E-state index contributed by atoms with van der Waals surface area (Å²) in [5.74, 6) is -1.33. The van der Waals surface area contributed by atoms with E-state index in [1.54, 1.807) is 11.8 Å². The molecule has 0 amide bonds. The Bertz CT molecular complexity index is 1320. The molecule has 33 heavy (non-hydrogen) atoms. The average molecular weight is 487 g/mol. The molecule has 12 heteroatoms.